The first-order chi connectivity index (χ1) is 8.81. The zero-order chi connectivity index (χ0) is 14.2. The first-order valence-corrected chi connectivity index (χ1v) is 6.95. The van der Waals surface area contributed by atoms with Crippen molar-refractivity contribution in [3.05, 3.63) is 33.8 Å². The smallest absolute Gasteiger partial charge is 0.255 e. The van der Waals surface area contributed by atoms with Crippen LogP contribution in [0.4, 0.5) is 0 Å². The maximum absolute atomic E-state index is 12.6. The fourth-order valence-corrected chi connectivity index (χ4v) is 2.64. The Balaban J connectivity index is 2.31. The predicted octanol–water partition coefficient (Wildman–Crippen LogP) is 3.63. The van der Waals surface area contributed by atoms with E-state index in [1.807, 2.05) is 25.7 Å². The lowest BCUT2D eigenvalue weighted by Gasteiger charge is -2.44. The van der Waals surface area contributed by atoms with E-state index in [9.17, 15) is 4.79 Å². The number of benzene rings is 1. The van der Waals surface area contributed by atoms with Crippen molar-refractivity contribution in [3.8, 4) is 0 Å². The number of halogens is 2. The average molecular weight is 302 g/mol. The lowest BCUT2D eigenvalue weighted by Crippen LogP contribution is -2.57. The molecule has 5 heteroatoms. The lowest BCUT2D eigenvalue weighted by molar-refractivity contribution is -0.0755. The van der Waals surface area contributed by atoms with Crippen molar-refractivity contribution in [2.24, 2.45) is 0 Å². The normalized spacial score (nSPS) is 22.4. The monoisotopic (exact) mass is 301 g/mol. The summed E-state index contributed by atoms with van der Waals surface area (Å²) in [6.45, 7) is 7.01. The second-order valence-electron chi connectivity index (χ2n) is 5.47. The molecule has 1 aromatic carbocycles. The molecule has 1 atom stereocenters. The fourth-order valence-electron chi connectivity index (χ4n) is 2.15. The third-order valence-electron chi connectivity index (χ3n) is 3.30. The topological polar surface area (TPSA) is 29.5 Å². The summed E-state index contributed by atoms with van der Waals surface area (Å²) in [7, 11) is 0. The lowest BCUT2D eigenvalue weighted by atomic mass is 9.99. The number of nitrogens with zero attached hydrogens (tertiary/aromatic N) is 1. The molecule has 1 aliphatic rings. The number of ether oxygens (including phenoxy) is 1. The van der Waals surface area contributed by atoms with Crippen molar-refractivity contribution in [3.63, 3.8) is 0 Å². The number of carbonyl (C=O) groups is 1. The van der Waals surface area contributed by atoms with Gasteiger partial charge in [0, 0.05) is 11.6 Å². The number of hydrogen-bond donors (Lipinski definition) is 0. The first kappa shape index (κ1) is 14.6. The fraction of sp³-hybridized carbons (Fsp3) is 0.500. The second-order valence-corrected chi connectivity index (χ2v) is 6.32. The number of morpholine rings is 1. The van der Waals surface area contributed by atoms with E-state index in [1.54, 1.807) is 18.2 Å². The molecule has 1 saturated heterocycles. The molecule has 0 spiro atoms. The Kier molecular flexibility index (Phi) is 4.09. The molecule has 0 bridgehead atoms. The minimum atomic E-state index is -0.341. The number of amides is 1. The average Bonchev–Trinajstić information content (AvgIpc) is 2.31. The van der Waals surface area contributed by atoms with Gasteiger partial charge in [0.15, 0.2) is 0 Å². The van der Waals surface area contributed by atoms with Crippen LogP contribution in [0, 0.1) is 0 Å². The van der Waals surface area contributed by atoms with Crippen LogP contribution in [0.25, 0.3) is 0 Å². The van der Waals surface area contributed by atoms with Gasteiger partial charge in [-0.2, -0.15) is 0 Å². The van der Waals surface area contributed by atoms with Crippen LogP contribution in [-0.2, 0) is 4.74 Å². The minimum absolute atomic E-state index is 0.0306. The molecule has 1 unspecified atom stereocenters. The van der Waals surface area contributed by atoms with Gasteiger partial charge in [0.05, 0.1) is 28.8 Å². The van der Waals surface area contributed by atoms with Crippen molar-refractivity contribution < 1.29 is 9.53 Å². The van der Waals surface area contributed by atoms with Gasteiger partial charge in [-0.15, -0.1) is 0 Å². The summed E-state index contributed by atoms with van der Waals surface area (Å²) in [5.41, 5.74) is 0.139. The van der Waals surface area contributed by atoms with Crippen molar-refractivity contribution in [2.75, 3.05) is 13.2 Å². The van der Waals surface area contributed by atoms with Crippen molar-refractivity contribution >= 4 is 29.1 Å². The van der Waals surface area contributed by atoms with Crippen LogP contribution in [0.15, 0.2) is 18.2 Å². The molecule has 1 amide bonds. The summed E-state index contributed by atoms with van der Waals surface area (Å²) in [6.07, 6.45) is 0.0306. The molecule has 0 aromatic heterocycles. The van der Waals surface area contributed by atoms with Gasteiger partial charge in [-0.05, 0) is 39.0 Å². The summed E-state index contributed by atoms with van der Waals surface area (Å²) in [5.74, 6) is -0.0817. The highest BCUT2D eigenvalue weighted by Crippen LogP contribution is 2.28. The molecule has 1 heterocycles. The van der Waals surface area contributed by atoms with Crippen LogP contribution in [0.5, 0.6) is 0 Å². The SMILES string of the molecule is CC1CN(C(=O)c2ccc(Cl)cc2Cl)C(C)(C)CO1. The van der Waals surface area contributed by atoms with Crippen molar-refractivity contribution in [2.45, 2.75) is 32.4 Å². The van der Waals surface area contributed by atoms with Gasteiger partial charge < -0.3 is 9.64 Å². The van der Waals surface area contributed by atoms with Crippen LogP contribution >= 0.6 is 23.2 Å². The second kappa shape index (κ2) is 5.31. The third-order valence-corrected chi connectivity index (χ3v) is 3.85. The Morgan fingerprint density at radius 1 is 1.42 bits per heavy atom. The highest BCUT2D eigenvalue weighted by atomic mass is 35.5. The minimum Gasteiger partial charge on any atom is -0.374 e. The first-order valence-electron chi connectivity index (χ1n) is 6.20. The molecule has 2 rings (SSSR count). The van der Waals surface area contributed by atoms with E-state index in [0.717, 1.165) is 0 Å². The maximum Gasteiger partial charge on any atom is 0.255 e. The Labute approximate surface area is 123 Å². The van der Waals surface area contributed by atoms with Gasteiger partial charge in [-0.3, -0.25) is 4.79 Å². The molecular formula is C14H17Cl2NO2. The maximum atomic E-state index is 12.6. The van der Waals surface area contributed by atoms with Gasteiger partial charge in [0.1, 0.15) is 0 Å². The Morgan fingerprint density at radius 2 is 2.11 bits per heavy atom. The molecule has 0 saturated carbocycles. The van der Waals surface area contributed by atoms with Gasteiger partial charge in [0.2, 0.25) is 0 Å². The van der Waals surface area contributed by atoms with E-state index in [4.69, 9.17) is 27.9 Å². The third kappa shape index (κ3) is 3.04. The van der Waals surface area contributed by atoms with Crippen LogP contribution in [-0.4, -0.2) is 35.6 Å². The van der Waals surface area contributed by atoms with Crippen molar-refractivity contribution in [1.82, 2.24) is 4.90 Å². The highest BCUT2D eigenvalue weighted by molar-refractivity contribution is 6.36. The molecule has 0 radical (unpaired) electrons. The zero-order valence-corrected chi connectivity index (χ0v) is 12.8. The van der Waals surface area contributed by atoms with Gasteiger partial charge in [0.25, 0.3) is 5.91 Å². The van der Waals surface area contributed by atoms with Gasteiger partial charge >= 0.3 is 0 Å². The Hall–Kier alpha value is -0.770. The summed E-state index contributed by atoms with van der Waals surface area (Å²) >= 11 is 12.0. The number of carbonyl (C=O) groups excluding carboxylic acids is 1. The van der Waals surface area contributed by atoms with E-state index >= 15 is 0 Å². The number of hydrogen-bond acceptors (Lipinski definition) is 2. The molecule has 1 aromatic rings. The standard InChI is InChI=1S/C14H17Cl2NO2/c1-9-7-17(14(2,3)8-19-9)13(18)11-5-4-10(15)6-12(11)16/h4-6,9H,7-8H2,1-3H3. The summed E-state index contributed by atoms with van der Waals surface area (Å²) in [4.78, 5) is 14.5. The van der Waals surface area contributed by atoms with E-state index in [-0.39, 0.29) is 17.6 Å². The molecular weight excluding hydrogens is 285 g/mol. The van der Waals surface area contributed by atoms with Crippen LogP contribution in [0.1, 0.15) is 31.1 Å². The van der Waals surface area contributed by atoms with Crippen LogP contribution in [0.3, 0.4) is 0 Å². The largest absolute Gasteiger partial charge is 0.374 e. The van der Waals surface area contributed by atoms with Crippen LogP contribution < -0.4 is 0 Å². The van der Waals surface area contributed by atoms with Gasteiger partial charge in [-0.1, -0.05) is 23.2 Å². The molecule has 19 heavy (non-hydrogen) atoms. The molecule has 1 fully saturated rings. The zero-order valence-electron chi connectivity index (χ0n) is 11.2. The van der Waals surface area contributed by atoms with E-state index < -0.39 is 0 Å². The Morgan fingerprint density at radius 3 is 2.74 bits per heavy atom. The molecule has 1 aliphatic heterocycles. The molecule has 3 nitrogen and oxygen atoms in total. The quantitative estimate of drug-likeness (QED) is 0.793. The summed E-state index contributed by atoms with van der Waals surface area (Å²) in [6, 6.07) is 4.94. The Bertz CT molecular complexity index is 502. The van der Waals surface area contributed by atoms with E-state index in [2.05, 4.69) is 0 Å². The van der Waals surface area contributed by atoms with Crippen molar-refractivity contribution in [1.29, 1.82) is 0 Å². The molecule has 0 aliphatic carbocycles. The molecule has 0 N–H and O–H groups in total. The highest BCUT2D eigenvalue weighted by Gasteiger charge is 2.37. The predicted molar refractivity (Wildman–Crippen MR) is 77.0 cm³/mol. The number of rotatable bonds is 1. The van der Waals surface area contributed by atoms with E-state index in [0.29, 0.717) is 28.8 Å². The van der Waals surface area contributed by atoms with Crippen LogP contribution in [0.2, 0.25) is 10.0 Å². The van der Waals surface area contributed by atoms with E-state index in [1.165, 1.54) is 0 Å². The summed E-state index contributed by atoms with van der Waals surface area (Å²) < 4.78 is 5.61. The summed E-state index contributed by atoms with van der Waals surface area (Å²) in [5, 5.41) is 0.906. The molecule has 104 valence electrons. The van der Waals surface area contributed by atoms with Gasteiger partial charge in [-0.25, -0.2) is 0 Å².